The van der Waals surface area contributed by atoms with E-state index in [-0.39, 0.29) is 5.91 Å². The molecule has 0 aromatic carbocycles. The van der Waals surface area contributed by atoms with Crippen LogP contribution in [0.4, 0.5) is 0 Å². The number of carbonyl (C=O) groups excluding carboxylic acids is 1. The highest BCUT2D eigenvalue weighted by molar-refractivity contribution is 5.99. The third-order valence-electron chi connectivity index (χ3n) is 6.08. The molecular formula is C20H23N5O. The summed E-state index contributed by atoms with van der Waals surface area (Å²) in [6, 6.07) is 2.40. The van der Waals surface area contributed by atoms with Crippen molar-refractivity contribution in [1.29, 1.82) is 0 Å². The van der Waals surface area contributed by atoms with Crippen LogP contribution in [0.15, 0.2) is 36.3 Å². The van der Waals surface area contributed by atoms with Crippen LogP contribution in [0.2, 0.25) is 0 Å². The fourth-order valence-electron chi connectivity index (χ4n) is 4.78. The van der Waals surface area contributed by atoms with E-state index in [0.29, 0.717) is 23.3 Å². The zero-order valence-corrected chi connectivity index (χ0v) is 15.1. The Morgan fingerprint density at radius 1 is 1.27 bits per heavy atom. The minimum Gasteiger partial charge on any atom is -0.321 e. The van der Waals surface area contributed by atoms with Crippen LogP contribution in [0.5, 0.6) is 0 Å². The van der Waals surface area contributed by atoms with Crippen LogP contribution >= 0.6 is 0 Å². The summed E-state index contributed by atoms with van der Waals surface area (Å²) >= 11 is 0. The fraction of sp³-hybridized carbons (Fsp3) is 0.450. The van der Waals surface area contributed by atoms with Crippen LogP contribution in [0.25, 0.3) is 5.65 Å². The maximum atomic E-state index is 12.8. The van der Waals surface area contributed by atoms with E-state index in [4.69, 9.17) is 0 Å². The Bertz CT molecular complexity index is 949. The number of fused-ring (bicyclic) bond motifs is 3. The number of piperidine rings is 3. The molecule has 0 saturated carbocycles. The molecule has 3 fully saturated rings. The Hall–Kier alpha value is -2.47. The van der Waals surface area contributed by atoms with Gasteiger partial charge in [0.15, 0.2) is 11.3 Å². The standard InChI is InChI=1S/C20H23N5O/c1-12-9-13(2)25-11-21-18(19(25)22-12)20(26)23-15-3-4-16-14-5-7-24(8-6-14)17(16)10-15/h3-4,9-11,14,16-17H,5-8H2,1-2H3,(H,23,26). The maximum absolute atomic E-state index is 12.8. The zero-order chi connectivity index (χ0) is 17.8. The van der Waals surface area contributed by atoms with E-state index in [1.165, 1.54) is 25.9 Å². The normalized spacial score (nSPS) is 29.5. The molecule has 6 rings (SSSR count). The summed E-state index contributed by atoms with van der Waals surface area (Å²) in [5.41, 5.74) is 3.76. The smallest absolute Gasteiger partial charge is 0.278 e. The van der Waals surface area contributed by atoms with Gasteiger partial charge >= 0.3 is 0 Å². The average molecular weight is 349 g/mol. The second kappa shape index (κ2) is 5.77. The second-order valence-corrected chi connectivity index (χ2v) is 7.70. The lowest BCUT2D eigenvalue weighted by molar-refractivity contribution is 0.0334. The second-order valence-electron chi connectivity index (χ2n) is 7.70. The number of aromatic nitrogens is 3. The molecule has 0 radical (unpaired) electrons. The molecule has 134 valence electrons. The van der Waals surface area contributed by atoms with Crippen molar-refractivity contribution in [3.8, 4) is 0 Å². The number of nitrogens with zero attached hydrogens (tertiary/aromatic N) is 4. The van der Waals surface area contributed by atoms with Crippen LogP contribution in [-0.2, 0) is 0 Å². The monoisotopic (exact) mass is 349 g/mol. The molecule has 2 bridgehead atoms. The fourth-order valence-corrected chi connectivity index (χ4v) is 4.78. The van der Waals surface area contributed by atoms with Crippen molar-refractivity contribution in [2.75, 3.05) is 13.1 Å². The minimum atomic E-state index is -0.199. The number of carbonyl (C=O) groups is 1. The number of hydrogen-bond acceptors (Lipinski definition) is 4. The highest BCUT2D eigenvalue weighted by Gasteiger charge is 2.41. The molecule has 3 aliphatic heterocycles. The first kappa shape index (κ1) is 15.8. The lowest BCUT2D eigenvalue weighted by Gasteiger charge is -2.50. The molecule has 2 unspecified atom stereocenters. The Morgan fingerprint density at radius 3 is 2.88 bits per heavy atom. The quantitative estimate of drug-likeness (QED) is 0.903. The van der Waals surface area contributed by atoms with E-state index < -0.39 is 0 Å². The van der Waals surface area contributed by atoms with Gasteiger partial charge in [0.05, 0.1) is 0 Å². The zero-order valence-electron chi connectivity index (χ0n) is 15.1. The summed E-state index contributed by atoms with van der Waals surface area (Å²) in [5, 5.41) is 3.04. The number of allylic oxidation sites excluding steroid dienone is 1. The summed E-state index contributed by atoms with van der Waals surface area (Å²) < 4.78 is 1.86. The van der Waals surface area contributed by atoms with E-state index in [2.05, 4.69) is 38.4 Å². The third kappa shape index (κ3) is 2.40. The SMILES string of the molecule is Cc1cc(C)n2cnc(C(=O)NC3=CC4C(C=C3)C3CCN4CC3)c2n1. The number of amides is 1. The average Bonchev–Trinajstić information content (AvgIpc) is 3.07. The molecule has 1 amide bonds. The third-order valence-corrected chi connectivity index (χ3v) is 6.08. The van der Waals surface area contributed by atoms with E-state index >= 15 is 0 Å². The van der Waals surface area contributed by atoms with Crippen molar-refractivity contribution in [3.63, 3.8) is 0 Å². The first-order valence-electron chi connectivity index (χ1n) is 9.37. The summed E-state index contributed by atoms with van der Waals surface area (Å²) in [5.74, 6) is 1.19. The lowest BCUT2D eigenvalue weighted by Crippen LogP contribution is -2.54. The largest absolute Gasteiger partial charge is 0.321 e. The van der Waals surface area contributed by atoms with Crippen LogP contribution in [0.1, 0.15) is 34.7 Å². The Kier molecular flexibility index (Phi) is 3.50. The van der Waals surface area contributed by atoms with Gasteiger partial charge in [-0.25, -0.2) is 9.97 Å². The first-order valence-corrected chi connectivity index (χ1v) is 9.37. The van der Waals surface area contributed by atoms with Crippen molar-refractivity contribution in [3.05, 3.63) is 53.4 Å². The first-order chi connectivity index (χ1) is 12.6. The van der Waals surface area contributed by atoms with E-state index in [1.54, 1.807) is 6.33 Å². The Morgan fingerprint density at radius 2 is 2.08 bits per heavy atom. The Labute approximate surface area is 152 Å². The lowest BCUT2D eigenvalue weighted by atomic mass is 9.72. The van der Waals surface area contributed by atoms with E-state index in [1.807, 2.05) is 24.3 Å². The van der Waals surface area contributed by atoms with Gasteiger partial charge in [-0.1, -0.05) is 6.08 Å². The molecular weight excluding hydrogens is 326 g/mol. The number of aryl methyl sites for hydroxylation is 2. The molecule has 2 atom stereocenters. The van der Waals surface area contributed by atoms with E-state index in [9.17, 15) is 4.79 Å². The van der Waals surface area contributed by atoms with Crippen LogP contribution in [0, 0.1) is 25.7 Å². The van der Waals surface area contributed by atoms with Crippen molar-refractivity contribution < 1.29 is 4.79 Å². The minimum absolute atomic E-state index is 0.199. The van der Waals surface area contributed by atoms with Gasteiger partial charge < -0.3 is 5.32 Å². The summed E-state index contributed by atoms with van der Waals surface area (Å²) in [6.07, 6.45) is 10.8. The molecule has 6 nitrogen and oxygen atoms in total. The van der Waals surface area contributed by atoms with Crippen molar-refractivity contribution in [1.82, 2.24) is 24.6 Å². The summed E-state index contributed by atoms with van der Waals surface area (Å²) in [7, 11) is 0. The molecule has 3 saturated heterocycles. The van der Waals surface area contributed by atoms with Gasteiger partial charge in [0, 0.05) is 23.1 Å². The van der Waals surface area contributed by atoms with Crippen molar-refractivity contribution in [2.24, 2.45) is 11.8 Å². The van der Waals surface area contributed by atoms with Gasteiger partial charge in [0.1, 0.15) is 6.33 Å². The number of nitrogens with one attached hydrogen (secondary N) is 1. The van der Waals surface area contributed by atoms with E-state index in [0.717, 1.165) is 23.0 Å². The predicted octanol–water partition coefficient (Wildman–Crippen LogP) is 2.24. The molecule has 5 heterocycles. The molecule has 4 aliphatic rings. The van der Waals surface area contributed by atoms with Crippen molar-refractivity contribution in [2.45, 2.75) is 32.7 Å². The van der Waals surface area contributed by atoms with Crippen LogP contribution in [0.3, 0.4) is 0 Å². The molecule has 2 aromatic rings. The molecule has 2 aromatic heterocycles. The molecule has 0 spiro atoms. The van der Waals surface area contributed by atoms with Gasteiger partial charge in [-0.3, -0.25) is 14.1 Å². The Balaban J connectivity index is 1.41. The highest BCUT2D eigenvalue weighted by atomic mass is 16.1. The van der Waals surface area contributed by atoms with Gasteiger partial charge in [-0.2, -0.15) is 0 Å². The highest BCUT2D eigenvalue weighted by Crippen LogP contribution is 2.40. The van der Waals surface area contributed by atoms with Gasteiger partial charge in [0.2, 0.25) is 0 Å². The van der Waals surface area contributed by atoms with Gasteiger partial charge in [0.25, 0.3) is 5.91 Å². The molecule has 26 heavy (non-hydrogen) atoms. The number of rotatable bonds is 2. The van der Waals surface area contributed by atoms with Crippen molar-refractivity contribution >= 4 is 11.6 Å². The summed E-state index contributed by atoms with van der Waals surface area (Å²) in [4.78, 5) is 24.2. The number of imidazole rings is 1. The van der Waals surface area contributed by atoms with Crippen LogP contribution in [-0.4, -0.2) is 44.3 Å². The van der Waals surface area contributed by atoms with Gasteiger partial charge in [-0.15, -0.1) is 0 Å². The summed E-state index contributed by atoms with van der Waals surface area (Å²) in [6.45, 7) is 6.27. The molecule has 6 heteroatoms. The molecule has 1 N–H and O–H groups in total. The number of hydrogen-bond donors (Lipinski definition) is 1. The van der Waals surface area contributed by atoms with Gasteiger partial charge in [-0.05, 0) is 69.8 Å². The topological polar surface area (TPSA) is 62.5 Å². The predicted molar refractivity (Wildman–Crippen MR) is 98.7 cm³/mol. The molecule has 1 aliphatic carbocycles. The van der Waals surface area contributed by atoms with Crippen LogP contribution < -0.4 is 5.32 Å². The maximum Gasteiger partial charge on any atom is 0.278 e.